The van der Waals surface area contributed by atoms with Crippen molar-refractivity contribution < 1.29 is 9.84 Å². The van der Waals surface area contributed by atoms with E-state index in [9.17, 15) is 5.11 Å². The SMILES string of the molecule is COCC(O)CN(C)Cc1c(C)nn(C)c1N. The highest BCUT2D eigenvalue weighted by molar-refractivity contribution is 5.42. The first-order valence-electron chi connectivity index (χ1n) is 5.59. The molecular weight excluding hydrogens is 220 g/mol. The van der Waals surface area contributed by atoms with E-state index in [-0.39, 0.29) is 0 Å². The number of methoxy groups -OCH3 is 1. The Balaban J connectivity index is 2.58. The van der Waals surface area contributed by atoms with Crippen LogP contribution in [-0.2, 0) is 18.3 Å². The Labute approximate surface area is 102 Å². The quantitative estimate of drug-likeness (QED) is 0.719. The molecule has 1 rings (SSSR count). The van der Waals surface area contributed by atoms with Crippen LogP contribution < -0.4 is 5.73 Å². The number of hydrogen-bond acceptors (Lipinski definition) is 5. The van der Waals surface area contributed by atoms with Crippen molar-refractivity contribution in [2.45, 2.75) is 19.6 Å². The Morgan fingerprint density at radius 1 is 1.59 bits per heavy atom. The van der Waals surface area contributed by atoms with Gasteiger partial charge in [0.1, 0.15) is 5.82 Å². The van der Waals surface area contributed by atoms with Crippen LogP contribution in [0, 0.1) is 6.92 Å². The molecule has 0 aliphatic heterocycles. The first-order chi connectivity index (χ1) is 7.95. The van der Waals surface area contributed by atoms with Gasteiger partial charge < -0.3 is 15.6 Å². The van der Waals surface area contributed by atoms with Crippen LogP contribution in [0.1, 0.15) is 11.3 Å². The maximum Gasteiger partial charge on any atom is 0.126 e. The Bertz CT molecular complexity index is 365. The number of likely N-dealkylation sites (N-methyl/N-ethyl adjacent to an activating group) is 1. The number of nitrogens with two attached hydrogens (primary N) is 1. The average molecular weight is 242 g/mol. The van der Waals surface area contributed by atoms with E-state index in [4.69, 9.17) is 10.5 Å². The molecule has 0 fully saturated rings. The molecule has 0 saturated carbocycles. The van der Waals surface area contributed by atoms with E-state index in [1.807, 2.05) is 25.9 Å². The second kappa shape index (κ2) is 6.00. The van der Waals surface area contributed by atoms with Crippen LogP contribution in [-0.4, -0.2) is 53.2 Å². The number of nitrogen functional groups attached to an aromatic ring is 1. The van der Waals surface area contributed by atoms with Gasteiger partial charge in [0.05, 0.1) is 18.4 Å². The number of aromatic nitrogens is 2. The molecule has 0 aliphatic carbocycles. The largest absolute Gasteiger partial charge is 0.389 e. The Morgan fingerprint density at radius 3 is 2.71 bits per heavy atom. The lowest BCUT2D eigenvalue weighted by molar-refractivity contribution is 0.0419. The maximum absolute atomic E-state index is 9.62. The number of hydrogen-bond donors (Lipinski definition) is 2. The third-order valence-electron chi connectivity index (χ3n) is 2.70. The van der Waals surface area contributed by atoms with Crippen LogP contribution in [0.4, 0.5) is 5.82 Å². The Kier molecular flexibility index (Phi) is 4.92. The first kappa shape index (κ1) is 14.0. The lowest BCUT2D eigenvalue weighted by Gasteiger charge is -2.20. The van der Waals surface area contributed by atoms with Gasteiger partial charge in [-0.3, -0.25) is 9.58 Å². The minimum absolute atomic E-state index is 0.339. The third-order valence-corrected chi connectivity index (χ3v) is 2.70. The molecule has 3 N–H and O–H groups in total. The van der Waals surface area contributed by atoms with E-state index in [2.05, 4.69) is 5.10 Å². The minimum Gasteiger partial charge on any atom is -0.389 e. The molecule has 0 spiro atoms. The van der Waals surface area contributed by atoms with E-state index in [1.54, 1.807) is 11.8 Å². The summed E-state index contributed by atoms with van der Waals surface area (Å²) in [5.41, 5.74) is 7.87. The van der Waals surface area contributed by atoms with Crippen LogP contribution in [0.3, 0.4) is 0 Å². The van der Waals surface area contributed by atoms with Gasteiger partial charge in [0.25, 0.3) is 0 Å². The number of ether oxygens (including phenoxy) is 1. The minimum atomic E-state index is -0.483. The fraction of sp³-hybridized carbons (Fsp3) is 0.727. The van der Waals surface area contributed by atoms with E-state index < -0.39 is 6.10 Å². The van der Waals surface area contributed by atoms with Gasteiger partial charge in [-0.15, -0.1) is 0 Å². The summed E-state index contributed by atoms with van der Waals surface area (Å²) >= 11 is 0. The number of aliphatic hydroxyl groups excluding tert-OH is 1. The Morgan fingerprint density at radius 2 is 2.24 bits per heavy atom. The van der Waals surface area contributed by atoms with E-state index >= 15 is 0 Å². The molecule has 6 nitrogen and oxygen atoms in total. The zero-order chi connectivity index (χ0) is 13.0. The number of aliphatic hydroxyl groups is 1. The Hall–Kier alpha value is -1.11. The highest BCUT2D eigenvalue weighted by Gasteiger charge is 2.14. The fourth-order valence-corrected chi connectivity index (χ4v) is 1.85. The molecule has 17 heavy (non-hydrogen) atoms. The summed E-state index contributed by atoms with van der Waals surface area (Å²) in [6.07, 6.45) is -0.483. The van der Waals surface area contributed by atoms with Crippen molar-refractivity contribution in [1.29, 1.82) is 0 Å². The van der Waals surface area contributed by atoms with Crippen molar-refractivity contribution in [2.75, 3.05) is 33.0 Å². The van der Waals surface area contributed by atoms with Crippen LogP contribution in [0.15, 0.2) is 0 Å². The topological polar surface area (TPSA) is 76.5 Å². The van der Waals surface area contributed by atoms with Crippen molar-refractivity contribution in [3.63, 3.8) is 0 Å². The summed E-state index contributed by atoms with van der Waals surface area (Å²) in [6.45, 7) is 3.49. The van der Waals surface area contributed by atoms with E-state index in [0.717, 1.165) is 11.3 Å². The predicted octanol–water partition coefficient (Wildman–Crippen LogP) is -0.250. The van der Waals surface area contributed by atoms with Gasteiger partial charge in [-0.25, -0.2) is 0 Å². The zero-order valence-corrected chi connectivity index (χ0v) is 11.0. The number of anilines is 1. The van der Waals surface area contributed by atoms with Gasteiger partial charge in [0, 0.05) is 32.8 Å². The van der Waals surface area contributed by atoms with Crippen LogP contribution in [0.25, 0.3) is 0 Å². The van der Waals surface area contributed by atoms with Gasteiger partial charge in [0.15, 0.2) is 0 Å². The first-order valence-corrected chi connectivity index (χ1v) is 5.59. The summed E-state index contributed by atoms with van der Waals surface area (Å²) in [6, 6.07) is 0. The van der Waals surface area contributed by atoms with Gasteiger partial charge in [0.2, 0.25) is 0 Å². The predicted molar refractivity (Wildman–Crippen MR) is 66.6 cm³/mol. The van der Waals surface area contributed by atoms with Crippen LogP contribution in [0.5, 0.6) is 0 Å². The molecule has 1 atom stereocenters. The molecule has 6 heteroatoms. The van der Waals surface area contributed by atoms with Gasteiger partial charge in [-0.05, 0) is 14.0 Å². The highest BCUT2D eigenvalue weighted by Crippen LogP contribution is 2.16. The van der Waals surface area contributed by atoms with Crippen LogP contribution in [0.2, 0.25) is 0 Å². The second-order valence-corrected chi connectivity index (χ2v) is 4.38. The molecule has 1 aromatic rings. The van der Waals surface area contributed by atoms with Gasteiger partial charge in [-0.1, -0.05) is 0 Å². The molecule has 1 unspecified atom stereocenters. The molecule has 1 aromatic heterocycles. The summed E-state index contributed by atoms with van der Waals surface area (Å²) in [7, 11) is 5.34. The molecule has 0 saturated heterocycles. The monoisotopic (exact) mass is 242 g/mol. The molecule has 0 radical (unpaired) electrons. The lowest BCUT2D eigenvalue weighted by atomic mass is 10.2. The molecule has 0 aromatic carbocycles. The highest BCUT2D eigenvalue weighted by atomic mass is 16.5. The molecule has 0 amide bonds. The van der Waals surface area contributed by atoms with Crippen LogP contribution >= 0.6 is 0 Å². The molecule has 98 valence electrons. The number of nitrogens with zero attached hydrogens (tertiary/aromatic N) is 3. The fourth-order valence-electron chi connectivity index (χ4n) is 1.85. The number of rotatable bonds is 6. The summed E-state index contributed by atoms with van der Waals surface area (Å²) in [5.74, 6) is 0.676. The molecule has 0 aliphatic rings. The van der Waals surface area contributed by atoms with Crippen molar-refractivity contribution in [1.82, 2.24) is 14.7 Å². The van der Waals surface area contributed by atoms with Gasteiger partial charge >= 0.3 is 0 Å². The average Bonchev–Trinajstić information content (AvgIpc) is 2.45. The summed E-state index contributed by atoms with van der Waals surface area (Å²) in [4.78, 5) is 2.00. The van der Waals surface area contributed by atoms with Crippen molar-refractivity contribution in [3.05, 3.63) is 11.3 Å². The standard InChI is InChI=1S/C11H22N4O2/c1-8-10(11(12)15(3)13-8)6-14(2)5-9(16)7-17-4/h9,16H,5-7,12H2,1-4H3. The second-order valence-electron chi connectivity index (χ2n) is 4.38. The normalized spacial score (nSPS) is 13.3. The smallest absolute Gasteiger partial charge is 0.126 e. The molecule has 0 bridgehead atoms. The molecular formula is C11H22N4O2. The van der Waals surface area contributed by atoms with Crippen molar-refractivity contribution >= 4 is 5.82 Å². The third kappa shape index (κ3) is 3.69. The molecule has 1 heterocycles. The van der Waals surface area contributed by atoms with E-state index in [1.165, 1.54) is 0 Å². The number of aryl methyl sites for hydroxylation is 2. The van der Waals surface area contributed by atoms with Crippen molar-refractivity contribution in [2.24, 2.45) is 7.05 Å². The zero-order valence-electron chi connectivity index (χ0n) is 11.0. The van der Waals surface area contributed by atoms with E-state index in [0.29, 0.717) is 25.5 Å². The van der Waals surface area contributed by atoms with Gasteiger partial charge in [-0.2, -0.15) is 5.10 Å². The lowest BCUT2D eigenvalue weighted by Crippen LogP contribution is -2.31. The summed E-state index contributed by atoms with van der Waals surface area (Å²) < 4.78 is 6.56. The summed E-state index contributed by atoms with van der Waals surface area (Å²) in [5, 5.41) is 13.9. The van der Waals surface area contributed by atoms with Crippen molar-refractivity contribution in [3.8, 4) is 0 Å². The maximum atomic E-state index is 9.62.